The summed E-state index contributed by atoms with van der Waals surface area (Å²) in [6.45, 7) is 11.5. The molecule has 0 bridgehead atoms. The first-order valence-corrected chi connectivity index (χ1v) is 11.1. The first-order chi connectivity index (χ1) is 13.7. The van der Waals surface area contributed by atoms with Crippen molar-refractivity contribution in [3.8, 4) is 21.6 Å². The highest BCUT2D eigenvalue weighted by atomic mass is 32.1. The number of fused-ring (bicyclic) bond motifs is 1. The molecule has 3 heterocycles. The van der Waals surface area contributed by atoms with Gasteiger partial charge in [0.15, 0.2) is 0 Å². The third-order valence-electron chi connectivity index (χ3n) is 5.59. The van der Waals surface area contributed by atoms with Gasteiger partial charge in [-0.2, -0.15) is 0 Å². The highest BCUT2D eigenvalue weighted by Gasteiger charge is 2.26. The highest BCUT2D eigenvalue weighted by Crippen LogP contribution is 2.35. The van der Waals surface area contributed by atoms with Crippen molar-refractivity contribution < 1.29 is 4.79 Å². The fourth-order valence-corrected chi connectivity index (χ4v) is 4.73. The zero-order chi connectivity index (χ0) is 20.8. The maximum Gasteiger partial charge on any atom is 0.254 e. The van der Waals surface area contributed by atoms with Crippen molar-refractivity contribution in [3.63, 3.8) is 0 Å². The third kappa shape index (κ3) is 3.86. The van der Waals surface area contributed by atoms with Gasteiger partial charge in [0.25, 0.3) is 5.91 Å². The molecule has 0 unspecified atom stereocenters. The molecular weight excluding hydrogens is 376 g/mol. The van der Waals surface area contributed by atoms with Crippen molar-refractivity contribution >= 4 is 17.2 Å². The number of hydrogen-bond acceptors (Lipinski definition) is 3. The van der Waals surface area contributed by atoms with Gasteiger partial charge in [-0.3, -0.25) is 9.78 Å². The number of carbonyl (C=O) groups excluding carboxylic acids is 1. The minimum absolute atomic E-state index is 0.0327. The van der Waals surface area contributed by atoms with E-state index in [1.807, 2.05) is 17.2 Å². The number of hydrogen-bond donors (Lipinski definition) is 0. The van der Waals surface area contributed by atoms with Gasteiger partial charge < -0.3 is 4.90 Å². The lowest BCUT2D eigenvalue weighted by molar-refractivity contribution is 0.0688. The quantitative estimate of drug-likeness (QED) is 0.522. The monoisotopic (exact) mass is 404 g/mol. The molecule has 1 aliphatic heterocycles. The predicted octanol–water partition coefficient (Wildman–Crippen LogP) is 6.18. The van der Waals surface area contributed by atoms with Gasteiger partial charge in [-0.1, -0.05) is 32.9 Å². The number of thiophene rings is 1. The molecule has 0 fully saturated rings. The van der Waals surface area contributed by atoms with Crippen molar-refractivity contribution in [2.24, 2.45) is 0 Å². The Morgan fingerprint density at radius 1 is 1.03 bits per heavy atom. The summed E-state index contributed by atoms with van der Waals surface area (Å²) >= 11 is 1.76. The van der Waals surface area contributed by atoms with Crippen LogP contribution in [0.25, 0.3) is 21.6 Å². The Morgan fingerprint density at radius 2 is 1.83 bits per heavy atom. The van der Waals surface area contributed by atoms with Crippen molar-refractivity contribution in [3.05, 3.63) is 64.8 Å². The molecule has 2 aromatic heterocycles. The van der Waals surface area contributed by atoms with E-state index in [2.05, 4.69) is 75.3 Å². The van der Waals surface area contributed by atoms with E-state index in [-0.39, 0.29) is 17.4 Å². The van der Waals surface area contributed by atoms with Gasteiger partial charge in [0.05, 0.1) is 0 Å². The molecule has 0 aliphatic carbocycles. The Kier molecular flexibility index (Phi) is 5.07. The van der Waals surface area contributed by atoms with Gasteiger partial charge in [-0.15, -0.1) is 11.3 Å². The molecular formula is C25H28N2OS. The lowest BCUT2D eigenvalue weighted by Gasteiger charge is -2.32. The first-order valence-electron chi connectivity index (χ1n) is 10.2. The standard InChI is InChI=1S/C25H28N2OS/c1-16(2)27-11-9-18-12-17(6-7-21(18)24(27)28)20-13-22(29-15-20)19-8-10-26-23(14-19)25(3,4)5/h6-8,10,12-16H,9,11H2,1-5H3. The van der Waals surface area contributed by atoms with Crippen LogP contribution in [0.5, 0.6) is 0 Å². The smallest absolute Gasteiger partial charge is 0.254 e. The molecule has 3 nitrogen and oxygen atoms in total. The van der Waals surface area contributed by atoms with Crippen LogP contribution in [0.1, 0.15) is 56.2 Å². The Labute approximate surface area is 177 Å². The summed E-state index contributed by atoms with van der Waals surface area (Å²) in [5.74, 6) is 0.158. The molecule has 1 amide bonds. The SMILES string of the molecule is CC(C)N1CCc2cc(-c3csc(-c4ccnc(C(C)(C)C)c4)c3)ccc2C1=O. The summed E-state index contributed by atoms with van der Waals surface area (Å²) in [6, 6.07) is 13.1. The van der Waals surface area contributed by atoms with Gasteiger partial charge in [0.1, 0.15) is 0 Å². The fraction of sp³-hybridized carbons (Fsp3) is 0.360. The van der Waals surface area contributed by atoms with Crippen LogP contribution in [-0.4, -0.2) is 28.4 Å². The minimum atomic E-state index is 0.0327. The predicted molar refractivity (Wildman–Crippen MR) is 122 cm³/mol. The number of pyridine rings is 1. The summed E-state index contributed by atoms with van der Waals surface area (Å²) in [6.07, 6.45) is 2.82. The fourth-order valence-electron chi connectivity index (χ4n) is 3.81. The van der Waals surface area contributed by atoms with Gasteiger partial charge in [-0.25, -0.2) is 0 Å². The molecule has 1 aliphatic rings. The van der Waals surface area contributed by atoms with Crippen LogP contribution in [0.3, 0.4) is 0 Å². The van der Waals surface area contributed by atoms with Gasteiger partial charge >= 0.3 is 0 Å². The summed E-state index contributed by atoms with van der Waals surface area (Å²) in [5, 5.41) is 2.21. The minimum Gasteiger partial charge on any atom is -0.336 e. The van der Waals surface area contributed by atoms with E-state index in [9.17, 15) is 4.79 Å². The van der Waals surface area contributed by atoms with Crippen LogP contribution in [0.4, 0.5) is 0 Å². The van der Waals surface area contributed by atoms with Crippen molar-refractivity contribution in [2.75, 3.05) is 6.54 Å². The van der Waals surface area contributed by atoms with Gasteiger partial charge in [-0.05, 0) is 72.2 Å². The number of amides is 1. The normalized spacial score (nSPS) is 14.4. The Hall–Kier alpha value is -2.46. The van der Waals surface area contributed by atoms with E-state index in [1.54, 1.807) is 11.3 Å². The van der Waals surface area contributed by atoms with E-state index < -0.39 is 0 Å². The molecule has 150 valence electrons. The van der Waals surface area contributed by atoms with E-state index in [0.29, 0.717) is 0 Å². The lowest BCUT2D eigenvalue weighted by Crippen LogP contribution is -2.42. The van der Waals surface area contributed by atoms with E-state index in [4.69, 9.17) is 0 Å². The van der Waals surface area contributed by atoms with Gasteiger partial charge in [0.2, 0.25) is 0 Å². The van der Waals surface area contributed by atoms with Crippen LogP contribution < -0.4 is 0 Å². The van der Waals surface area contributed by atoms with E-state index >= 15 is 0 Å². The summed E-state index contributed by atoms with van der Waals surface area (Å²) in [5.41, 5.74) is 6.76. The van der Waals surface area contributed by atoms with Gasteiger partial charge in [0, 0.05) is 40.3 Å². The Balaban J connectivity index is 1.64. The average molecular weight is 405 g/mol. The summed E-state index contributed by atoms with van der Waals surface area (Å²) in [7, 11) is 0. The second-order valence-corrected chi connectivity index (χ2v) is 10.0. The zero-order valence-electron chi connectivity index (χ0n) is 17.8. The van der Waals surface area contributed by atoms with Crippen LogP contribution in [-0.2, 0) is 11.8 Å². The number of benzene rings is 1. The molecule has 29 heavy (non-hydrogen) atoms. The van der Waals surface area contributed by atoms with E-state index in [1.165, 1.54) is 21.6 Å². The second-order valence-electron chi connectivity index (χ2n) is 9.09. The number of carbonyl (C=O) groups is 1. The molecule has 0 N–H and O–H groups in total. The topological polar surface area (TPSA) is 33.2 Å². The van der Waals surface area contributed by atoms with E-state index in [0.717, 1.165) is 29.8 Å². The number of nitrogens with zero attached hydrogens (tertiary/aromatic N) is 2. The molecule has 1 aromatic carbocycles. The molecule has 4 heteroatoms. The van der Waals surface area contributed by atoms with Crippen LogP contribution in [0.15, 0.2) is 48.0 Å². The molecule has 3 aromatic rings. The number of aromatic nitrogens is 1. The Morgan fingerprint density at radius 3 is 2.55 bits per heavy atom. The lowest BCUT2D eigenvalue weighted by atomic mass is 9.90. The second kappa shape index (κ2) is 7.42. The maximum absolute atomic E-state index is 12.7. The largest absolute Gasteiger partial charge is 0.336 e. The summed E-state index contributed by atoms with van der Waals surface area (Å²) < 4.78 is 0. The molecule has 4 rings (SSSR count). The highest BCUT2D eigenvalue weighted by molar-refractivity contribution is 7.14. The zero-order valence-corrected chi connectivity index (χ0v) is 18.6. The maximum atomic E-state index is 12.7. The van der Waals surface area contributed by atoms with Crippen molar-refractivity contribution in [2.45, 2.75) is 52.5 Å². The first kappa shape index (κ1) is 19.8. The molecule has 0 radical (unpaired) electrons. The van der Waals surface area contributed by atoms with Crippen LogP contribution in [0, 0.1) is 0 Å². The Bertz CT molecular complexity index is 1060. The van der Waals surface area contributed by atoms with Crippen molar-refractivity contribution in [1.29, 1.82) is 0 Å². The molecule has 0 saturated carbocycles. The third-order valence-corrected chi connectivity index (χ3v) is 6.57. The molecule has 0 atom stereocenters. The average Bonchev–Trinajstić information content (AvgIpc) is 3.17. The molecule has 0 saturated heterocycles. The summed E-state index contributed by atoms with van der Waals surface area (Å²) in [4.78, 5) is 20.5. The van der Waals surface area contributed by atoms with Crippen LogP contribution >= 0.6 is 11.3 Å². The molecule has 0 spiro atoms. The number of rotatable bonds is 3. The van der Waals surface area contributed by atoms with Crippen molar-refractivity contribution in [1.82, 2.24) is 9.88 Å². The van der Waals surface area contributed by atoms with Crippen LogP contribution in [0.2, 0.25) is 0 Å².